The van der Waals surface area contributed by atoms with E-state index in [9.17, 15) is 19.3 Å². The summed E-state index contributed by atoms with van der Waals surface area (Å²) in [5, 5.41) is 7.66. The molecule has 0 radical (unpaired) electrons. The van der Waals surface area contributed by atoms with Crippen molar-refractivity contribution in [2.24, 2.45) is 11.1 Å². The lowest BCUT2D eigenvalue weighted by molar-refractivity contribution is -0.118. The van der Waals surface area contributed by atoms with E-state index in [-0.39, 0.29) is 48.5 Å². The molecule has 1 N–H and O–H groups in total. The minimum absolute atomic E-state index is 0.0474. The molecule has 3 atom stereocenters. The van der Waals surface area contributed by atoms with Crippen molar-refractivity contribution in [2.75, 3.05) is 18.5 Å². The highest BCUT2D eigenvalue weighted by Crippen LogP contribution is 2.34. The summed E-state index contributed by atoms with van der Waals surface area (Å²) in [6.07, 6.45) is 10.2. The van der Waals surface area contributed by atoms with Gasteiger partial charge in [-0.1, -0.05) is 63.3 Å². The average Bonchev–Trinajstić information content (AvgIpc) is 3.43. The number of nitrogens with zero attached hydrogens (tertiary/aromatic N) is 2. The molecule has 1 heterocycles. The normalized spacial score (nSPS) is 19.2. The van der Waals surface area contributed by atoms with E-state index in [0.29, 0.717) is 29.1 Å². The number of hydrogen-bond acceptors (Lipinski definition) is 6. The Balaban J connectivity index is 1.61. The highest BCUT2D eigenvalue weighted by Gasteiger charge is 2.31. The molecule has 8 nitrogen and oxygen atoms in total. The number of carbonyl (C=O) groups excluding carboxylic acids is 3. The van der Waals surface area contributed by atoms with Crippen molar-refractivity contribution >= 4 is 40.7 Å². The molecule has 4 rings (SSSR count). The summed E-state index contributed by atoms with van der Waals surface area (Å²) >= 11 is 1.69. The van der Waals surface area contributed by atoms with Crippen LogP contribution in [0.15, 0.2) is 77.4 Å². The maximum absolute atomic E-state index is 13.9. The van der Waals surface area contributed by atoms with Gasteiger partial charge in [-0.25, -0.2) is 0 Å². The van der Waals surface area contributed by atoms with Crippen LogP contribution in [0.3, 0.4) is 0 Å². The summed E-state index contributed by atoms with van der Waals surface area (Å²) in [6.45, 7) is 6.95. The van der Waals surface area contributed by atoms with Gasteiger partial charge in [0.25, 0.3) is 17.7 Å². The van der Waals surface area contributed by atoms with Crippen LogP contribution in [-0.2, 0) is 4.79 Å². The van der Waals surface area contributed by atoms with Crippen LogP contribution in [0.2, 0.25) is 0 Å². The molecule has 42 heavy (non-hydrogen) atoms. The third-order valence-electron chi connectivity index (χ3n) is 7.41. The van der Waals surface area contributed by atoms with Crippen LogP contribution in [0.25, 0.3) is 5.57 Å². The Labute approximate surface area is 251 Å². The molecule has 3 amide bonds. The van der Waals surface area contributed by atoms with Crippen molar-refractivity contribution in [2.45, 2.75) is 57.7 Å². The van der Waals surface area contributed by atoms with E-state index in [2.05, 4.69) is 36.5 Å². The Bertz CT molecular complexity index is 1420. The van der Waals surface area contributed by atoms with Crippen LogP contribution in [0.1, 0.15) is 72.7 Å². The van der Waals surface area contributed by atoms with E-state index in [0.717, 1.165) is 24.0 Å². The van der Waals surface area contributed by atoms with E-state index in [1.807, 2.05) is 47.6 Å². The van der Waals surface area contributed by atoms with Crippen LogP contribution >= 0.6 is 11.8 Å². The lowest BCUT2D eigenvalue weighted by Crippen LogP contribution is -2.43. The first kappa shape index (κ1) is 31.0. The lowest BCUT2D eigenvalue weighted by atomic mass is 9.86. The van der Waals surface area contributed by atoms with Gasteiger partial charge in [-0.3, -0.25) is 14.4 Å². The minimum Gasteiger partial charge on any atom is -0.493 e. The zero-order valence-electron chi connectivity index (χ0n) is 24.2. The summed E-state index contributed by atoms with van der Waals surface area (Å²) < 4.78 is 6.00. The first-order chi connectivity index (χ1) is 20.3. The molecule has 9 heteroatoms. The molecule has 220 valence electrons. The van der Waals surface area contributed by atoms with Gasteiger partial charge in [0.15, 0.2) is 0 Å². The second kappa shape index (κ2) is 14.8. The molecular weight excluding hydrogens is 550 g/mol. The number of hydrogen-bond donors (Lipinski definition) is 1. The van der Waals surface area contributed by atoms with Gasteiger partial charge >= 0.3 is 0 Å². The molecule has 2 aromatic rings. The number of carbonyl (C=O) groups is 3. The van der Waals surface area contributed by atoms with Gasteiger partial charge in [-0.15, -0.1) is 16.7 Å². The molecule has 2 aromatic carbocycles. The Morgan fingerprint density at radius 1 is 1.12 bits per heavy atom. The molecule has 0 fully saturated rings. The van der Waals surface area contributed by atoms with Crippen LogP contribution in [0, 0.1) is 10.8 Å². The predicted octanol–water partition coefficient (Wildman–Crippen LogP) is 7.24. The molecule has 0 saturated carbocycles. The first-order valence-corrected chi connectivity index (χ1v) is 15.3. The molecule has 0 saturated heterocycles. The Kier molecular flexibility index (Phi) is 10.9. The zero-order valence-corrected chi connectivity index (χ0v) is 25.1. The molecule has 0 aromatic heterocycles. The summed E-state index contributed by atoms with van der Waals surface area (Å²) in [5.41, 5.74) is 3.39. The van der Waals surface area contributed by atoms with Crippen LogP contribution < -0.4 is 10.1 Å². The number of ether oxygens (including phenoxy) is 1. The van der Waals surface area contributed by atoms with Gasteiger partial charge in [-0.05, 0) is 59.9 Å². The fourth-order valence-corrected chi connectivity index (χ4v) is 6.10. The van der Waals surface area contributed by atoms with Crippen molar-refractivity contribution in [1.82, 2.24) is 4.90 Å². The number of allylic oxidation sites excluding steroid dienone is 4. The summed E-state index contributed by atoms with van der Waals surface area (Å²) in [5.74, 6) is -0.597. The number of nitroso groups, excluding NO2 is 1. The fraction of sp³-hybridized carbons (Fsp3) is 0.364. The van der Waals surface area contributed by atoms with Crippen LogP contribution in [0.4, 0.5) is 5.69 Å². The summed E-state index contributed by atoms with van der Waals surface area (Å²) in [7, 11) is 0. The minimum atomic E-state index is -0.749. The number of thioether (sulfide) groups is 1. The largest absolute Gasteiger partial charge is 0.493 e. The van der Waals surface area contributed by atoms with E-state index < -0.39 is 5.91 Å². The van der Waals surface area contributed by atoms with E-state index in [4.69, 9.17) is 4.74 Å². The molecule has 3 unspecified atom stereocenters. The standard InChI is InChI=1S/C33H37N3O5S/c1-4-18-36(29-17-20-42-23(29)3)33(39)28-16-15-24(21-30(28)41-19-9-14-31(37)35-40)34-32(38)27-13-8-7-12-26(27)25-11-6-5-10-22(25)2/h5-8,11-13,15-17,20-23,29H,4,9-10,14,18-19H2,1-3H3,(H,34,38). The Morgan fingerprint density at radius 2 is 1.93 bits per heavy atom. The fourth-order valence-electron chi connectivity index (χ4n) is 5.21. The molecule has 2 aliphatic rings. The number of benzene rings is 2. The Morgan fingerprint density at radius 3 is 2.64 bits per heavy atom. The maximum atomic E-state index is 13.9. The molecule has 0 spiro atoms. The molecular formula is C33H37N3O5S. The topological polar surface area (TPSA) is 105 Å². The second-order valence-electron chi connectivity index (χ2n) is 10.5. The van der Waals surface area contributed by atoms with Gasteiger partial charge in [0, 0.05) is 40.7 Å². The van der Waals surface area contributed by atoms with Gasteiger partial charge in [0.1, 0.15) is 5.75 Å². The monoisotopic (exact) mass is 587 g/mol. The van der Waals surface area contributed by atoms with Crippen molar-refractivity contribution < 1.29 is 19.1 Å². The number of amides is 3. The van der Waals surface area contributed by atoms with Gasteiger partial charge in [0.05, 0.1) is 18.2 Å². The number of anilines is 1. The molecule has 0 bridgehead atoms. The van der Waals surface area contributed by atoms with E-state index >= 15 is 0 Å². The predicted molar refractivity (Wildman–Crippen MR) is 169 cm³/mol. The summed E-state index contributed by atoms with van der Waals surface area (Å²) in [4.78, 5) is 51.1. The molecule has 1 aliphatic carbocycles. The molecule has 1 aliphatic heterocycles. The zero-order chi connectivity index (χ0) is 30.1. The maximum Gasteiger partial charge on any atom is 0.286 e. The van der Waals surface area contributed by atoms with Gasteiger partial charge < -0.3 is 15.0 Å². The van der Waals surface area contributed by atoms with E-state index in [1.54, 1.807) is 36.0 Å². The summed E-state index contributed by atoms with van der Waals surface area (Å²) in [6, 6.07) is 12.5. The lowest BCUT2D eigenvalue weighted by Gasteiger charge is -2.31. The average molecular weight is 588 g/mol. The van der Waals surface area contributed by atoms with Crippen molar-refractivity contribution in [3.8, 4) is 5.75 Å². The van der Waals surface area contributed by atoms with Crippen LogP contribution in [-0.4, -0.2) is 47.1 Å². The van der Waals surface area contributed by atoms with Crippen molar-refractivity contribution in [1.29, 1.82) is 0 Å². The van der Waals surface area contributed by atoms with Gasteiger partial charge in [-0.2, -0.15) is 0 Å². The van der Waals surface area contributed by atoms with Gasteiger partial charge in [0.2, 0.25) is 0 Å². The second-order valence-corrected chi connectivity index (χ2v) is 11.8. The highest BCUT2D eigenvalue weighted by molar-refractivity contribution is 8.03. The van der Waals surface area contributed by atoms with E-state index in [1.165, 1.54) is 0 Å². The number of nitrogens with one attached hydrogen (secondary N) is 1. The Hall–Kier alpha value is -3.98. The quantitative estimate of drug-likeness (QED) is 0.207. The number of rotatable bonds is 12. The third-order valence-corrected chi connectivity index (χ3v) is 8.44. The highest BCUT2D eigenvalue weighted by atomic mass is 32.2. The third kappa shape index (κ3) is 7.45. The SMILES string of the molecule is CCCN(C(=O)c1ccc(NC(=O)c2ccccc2C2=CC=CCC2C)cc1OCCCC(=O)N=O)C1C=CSC1C. The first-order valence-electron chi connectivity index (χ1n) is 14.4. The van der Waals surface area contributed by atoms with Crippen LogP contribution in [0.5, 0.6) is 5.75 Å². The smallest absolute Gasteiger partial charge is 0.286 e. The van der Waals surface area contributed by atoms with Crippen molar-refractivity contribution in [3.05, 3.63) is 93.8 Å². The van der Waals surface area contributed by atoms with Crippen molar-refractivity contribution in [3.63, 3.8) is 0 Å².